The Bertz CT molecular complexity index is 537. The van der Waals surface area contributed by atoms with E-state index < -0.39 is 0 Å². The number of ether oxygens (including phenoxy) is 1. The lowest BCUT2D eigenvalue weighted by atomic mass is 10.3. The molecule has 1 aromatic carbocycles. The maximum atomic E-state index is 11.2. The molecule has 0 aliphatic heterocycles. The van der Waals surface area contributed by atoms with Gasteiger partial charge in [-0.2, -0.15) is 0 Å². The van der Waals surface area contributed by atoms with Gasteiger partial charge in [0.25, 0.3) is 0 Å². The number of hydrogen-bond donors (Lipinski definition) is 0. The van der Waals surface area contributed by atoms with Crippen LogP contribution in [0.3, 0.4) is 0 Å². The van der Waals surface area contributed by atoms with Crippen LogP contribution in [0.15, 0.2) is 39.7 Å². The zero-order valence-corrected chi connectivity index (χ0v) is 11.1. The molecular formula is C12H11NO2S2. The summed E-state index contributed by atoms with van der Waals surface area (Å²) in [7, 11) is 1.64. The fourth-order valence-corrected chi connectivity index (χ4v) is 3.13. The SMILES string of the molecule is COc1cccc(Sc2ncc(C(C)=O)s2)c1. The van der Waals surface area contributed by atoms with Crippen molar-refractivity contribution in [2.24, 2.45) is 0 Å². The van der Waals surface area contributed by atoms with Crippen LogP contribution >= 0.6 is 23.1 Å². The second kappa shape index (κ2) is 5.33. The number of benzene rings is 1. The third-order valence-electron chi connectivity index (χ3n) is 2.08. The Morgan fingerprint density at radius 1 is 1.47 bits per heavy atom. The largest absolute Gasteiger partial charge is 0.497 e. The highest BCUT2D eigenvalue weighted by Gasteiger charge is 2.07. The second-order valence-electron chi connectivity index (χ2n) is 3.33. The van der Waals surface area contributed by atoms with Gasteiger partial charge in [0.2, 0.25) is 0 Å². The summed E-state index contributed by atoms with van der Waals surface area (Å²) in [6.07, 6.45) is 1.62. The highest BCUT2D eigenvalue weighted by atomic mass is 32.2. The first-order valence-electron chi connectivity index (χ1n) is 4.97. The van der Waals surface area contributed by atoms with Crippen LogP contribution in [0.1, 0.15) is 16.6 Å². The number of ketones is 1. The van der Waals surface area contributed by atoms with Crippen molar-refractivity contribution in [3.05, 3.63) is 35.3 Å². The molecule has 0 atom stereocenters. The van der Waals surface area contributed by atoms with E-state index in [-0.39, 0.29) is 5.78 Å². The lowest BCUT2D eigenvalue weighted by molar-refractivity contribution is 0.102. The van der Waals surface area contributed by atoms with Crippen molar-refractivity contribution >= 4 is 28.9 Å². The zero-order valence-electron chi connectivity index (χ0n) is 9.47. The van der Waals surface area contributed by atoms with Crippen molar-refractivity contribution in [1.82, 2.24) is 4.98 Å². The summed E-state index contributed by atoms with van der Waals surface area (Å²) in [5.41, 5.74) is 0. The summed E-state index contributed by atoms with van der Waals surface area (Å²) in [6, 6.07) is 7.76. The molecule has 88 valence electrons. The van der Waals surface area contributed by atoms with E-state index >= 15 is 0 Å². The van der Waals surface area contributed by atoms with Gasteiger partial charge in [0.05, 0.1) is 18.2 Å². The first-order chi connectivity index (χ1) is 8.19. The number of carbonyl (C=O) groups is 1. The summed E-state index contributed by atoms with van der Waals surface area (Å²) in [4.78, 5) is 17.1. The van der Waals surface area contributed by atoms with Crippen LogP contribution in [0.4, 0.5) is 0 Å². The average Bonchev–Trinajstić information content (AvgIpc) is 2.78. The lowest BCUT2D eigenvalue weighted by Crippen LogP contribution is -1.83. The fraction of sp³-hybridized carbons (Fsp3) is 0.167. The Hall–Kier alpha value is -1.33. The van der Waals surface area contributed by atoms with Gasteiger partial charge in [-0.05, 0) is 18.2 Å². The predicted octanol–water partition coefficient (Wildman–Crippen LogP) is 3.51. The highest BCUT2D eigenvalue weighted by molar-refractivity contribution is 8.01. The van der Waals surface area contributed by atoms with Crippen molar-refractivity contribution in [2.75, 3.05) is 7.11 Å². The van der Waals surface area contributed by atoms with E-state index in [1.54, 1.807) is 20.2 Å². The number of hydrogen-bond acceptors (Lipinski definition) is 5. The van der Waals surface area contributed by atoms with E-state index in [0.29, 0.717) is 4.88 Å². The Labute approximate surface area is 108 Å². The Morgan fingerprint density at radius 3 is 2.94 bits per heavy atom. The molecule has 0 bridgehead atoms. The first-order valence-corrected chi connectivity index (χ1v) is 6.61. The molecule has 1 heterocycles. The molecular weight excluding hydrogens is 254 g/mol. The number of thiazole rings is 1. The molecule has 3 nitrogen and oxygen atoms in total. The number of Topliss-reactive ketones (excluding diaryl/α,β-unsaturated/α-hetero) is 1. The molecule has 0 amide bonds. The third-order valence-corrected chi connectivity index (χ3v) is 4.24. The van der Waals surface area contributed by atoms with Crippen molar-refractivity contribution in [2.45, 2.75) is 16.2 Å². The topological polar surface area (TPSA) is 39.2 Å². The minimum atomic E-state index is 0.0555. The van der Waals surface area contributed by atoms with Crippen molar-refractivity contribution in [3.63, 3.8) is 0 Å². The van der Waals surface area contributed by atoms with Gasteiger partial charge in [-0.1, -0.05) is 17.8 Å². The van der Waals surface area contributed by atoms with Gasteiger partial charge in [0, 0.05) is 11.8 Å². The smallest absolute Gasteiger partial charge is 0.171 e. The van der Waals surface area contributed by atoms with E-state index in [2.05, 4.69) is 4.98 Å². The fourth-order valence-electron chi connectivity index (χ4n) is 1.23. The summed E-state index contributed by atoms with van der Waals surface area (Å²) >= 11 is 2.94. The molecule has 1 aromatic heterocycles. The maximum absolute atomic E-state index is 11.2. The Balaban J connectivity index is 2.16. The summed E-state index contributed by atoms with van der Waals surface area (Å²) in [5.74, 6) is 0.873. The van der Waals surface area contributed by atoms with Crippen LogP contribution < -0.4 is 4.74 Å². The van der Waals surface area contributed by atoms with E-state index in [1.165, 1.54) is 23.1 Å². The molecule has 0 aliphatic rings. The highest BCUT2D eigenvalue weighted by Crippen LogP contribution is 2.32. The van der Waals surface area contributed by atoms with Crippen LogP contribution in [0.25, 0.3) is 0 Å². The van der Waals surface area contributed by atoms with Crippen LogP contribution in [0, 0.1) is 0 Å². The molecule has 0 aliphatic carbocycles. The van der Waals surface area contributed by atoms with Gasteiger partial charge in [-0.15, -0.1) is 11.3 Å². The second-order valence-corrected chi connectivity index (χ2v) is 5.68. The van der Waals surface area contributed by atoms with E-state index in [4.69, 9.17) is 4.74 Å². The molecule has 2 aromatic rings. The van der Waals surface area contributed by atoms with Crippen molar-refractivity contribution < 1.29 is 9.53 Å². The Kier molecular flexibility index (Phi) is 3.81. The van der Waals surface area contributed by atoms with Gasteiger partial charge < -0.3 is 4.74 Å². The molecule has 0 N–H and O–H groups in total. The van der Waals surface area contributed by atoms with Gasteiger partial charge in [-0.25, -0.2) is 4.98 Å². The number of rotatable bonds is 4. The molecule has 0 saturated carbocycles. The number of carbonyl (C=O) groups excluding carboxylic acids is 1. The molecule has 0 fully saturated rings. The first kappa shape index (κ1) is 12.1. The van der Waals surface area contributed by atoms with E-state index in [1.807, 2.05) is 24.3 Å². The standard InChI is InChI=1S/C12H11NO2S2/c1-8(14)11-7-13-12(17-11)16-10-5-3-4-9(6-10)15-2/h3-7H,1-2H3. The summed E-state index contributed by atoms with van der Waals surface area (Å²) < 4.78 is 6.02. The third kappa shape index (κ3) is 3.08. The average molecular weight is 265 g/mol. The molecule has 0 spiro atoms. The minimum Gasteiger partial charge on any atom is -0.497 e. The molecule has 0 radical (unpaired) electrons. The molecule has 17 heavy (non-hydrogen) atoms. The predicted molar refractivity (Wildman–Crippen MR) is 69.2 cm³/mol. The van der Waals surface area contributed by atoms with Crippen molar-refractivity contribution in [3.8, 4) is 5.75 Å². The van der Waals surface area contributed by atoms with Gasteiger partial charge in [0.15, 0.2) is 10.1 Å². The molecule has 2 rings (SSSR count). The molecule has 0 saturated heterocycles. The number of aromatic nitrogens is 1. The zero-order chi connectivity index (χ0) is 12.3. The van der Waals surface area contributed by atoms with Gasteiger partial charge in [-0.3, -0.25) is 4.79 Å². The van der Waals surface area contributed by atoms with E-state index in [0.717, 1.165) is 15.0 Å². The normalized spacial score (nSPS) is 10.2. The van der Waals surface area contributed by atoms with Crippen molar-refractivity contribution in [1.29, 1.82) is 0 Å². The quantitative estimate of drug-likeness (QED) is 0.793. The monoisotopic (exact) mass is 265 g/mol. The summed E-state index contributed by atoms with van der Waals surface area (Å²) in [6.45, 7) is 1.55. The maximum Gasteiger partial charge on any atom is 0.171 e. The molecule has 5 heteroatoms. The van der Waals surface area contributed by atoms with Crippen LogP contribution in [0.5, 0.6) is 5.75 Å². The van der Waals surface area contributed by atoms with Crippen LogP contribution in [-0.4, -0.2) is 17.9 Å². The van der Waals surface area contributed by atoms with Crippen LogP contribution in [-0.2, 0) is 0 Å². The molecule has 0 unspecified atom stereocenters. The lowest BCUT2D eigenvalue weighted by Gasteiger charge is -2.01. The number of methoxy groups -OCH3 is 1. The van der Waals surface area contributed by atoms with Gasteiger partial charge in [0.1, 0.15) is 5.75 Å². The summed E-state index contributed by atoms with van der Waals surface area (Å²) in [5, 5.41) is 0. The van der Waals surface area contributed by atoms with Crippen LogP contribution in [0.2, 0.25) is 0 Å². The van der Waals surface area contributed by atoms with Gasteiger partial charge >= 0.3 is 0 Å². The number of nitrogens with zero attached hydrogens (tertiary/aromatic N) is 1. The van der Waals surface area contributed by atoms with E-state index in [9.17, 15) is 4.79 Å². The minimum absolute atomic E-state index is 0.0555. The Morgan fingerprint density at radius 2 is 2.29 bits per heavy atom.